The Kier molecular flexibility index (Phi) is 4.79. The van der Waals surface area contributed by atoms with Gasteiger partial charge < -0.3 is 14.9 Å². The summed E-state index contributed by atoms with van der Waals surface area (Å²) in [6, 6.07) is 0.0929. The fourth-order valence-electron chi connectivity index (χ4n) is 3.07. The zero-order valence-electron chi connectivity index (χ0n) is 13.5. The molecule has 0 bridgehead atoms. The zero-order valence-corrected chi connectivity index (χ0v) is 13.5. The highest BCUT2D eigenvalue weighted by atomic mass is 16.4. The van der Waals surface area contributed by atoms with Crippen LogP contribution < -0.4 is 0 Å². The van der Waals surface area contributed by atoms with Crippen LogP contribution >= 0.6 is 0 Å². The summed E-state index contributed by atoms with van der Waals surface area (Å²) in [5, 5.41) is 9.39. The smallest absolute Gasteiger partial charge is 0.320 e. The predicted octanol–water partition coefficient (Wildman–Crippen LogP) is 2.66. The first-order valence-electron chi connectivity index (χ1n) is 8.13. The lowest BCUT2D eigenvalue weighted by Crippen LogP contribution is -2.51. The fraction of sp³-hybridized carbons (Fsp3) is 0.875. The van der Waals surface area contributed by atoms with Crippen molar-refractivity contribution in [1.82, 2.24) is 9.80 Å². The second-order valence-corrected chi connectivity index (χ2v) is 7.08. The zero-order chi connectivity index (χ0) is 15.6. The molecule has 0 aromatic heterocycles. The molecule has 1 N–H and O–H groups in total. The molecule has 1 heterocycles. The second-order valence-electron chi connectivity index (χ2n) is 7.08. The van der Waals surface area contributed by atoms with E-state index in [1.54, 1.807) is 13.8 Å². The highest BCUT2D eigenvalue weighted by molar-refractivity contribution is 5.76. The number of rotatable bonds is 5. The van der Waals surface area contributed by atoms with Crippen LogP contribution in [0.15, 0.2) is 0 Å². The number of amides is 2. The van der Waals surface area contributed by atoms with E-state index in [0.717, 1.165) is 32.5 Å². The molecule has 1 saturated carbocycles. The van der Waals surface area contributed by atoms with Crippen LogP contribution in [-0.2, 0) is 4.79 Å². The van der Waals surface area contributed by atoms with Gasteiger partial charge in [0.15, 0.2) is 0 Å². The Morgan fingerprint density at radius 1 is 1.29 bits per heavy atom. The summed E-state index contributed by atoms with van der Waals surface area (Å²) in [4.78, 5) is 27.9. The van der Waals surface area contributed by atoms with Crippen molar-refractivity contribution in [1.29, 1.82) is 0 Å². The number of piperidine rings is 1. The SMILES string of the molecule is CCN(CC1CC1)C(=O)N1CCCC(C(C)(C)C(=O)O)C1. The first-order valence-corrected chi connectivity index (χ1v) is 8.13. The molecule has 5 heteroatoms. The average molecular weight is 296 g/mol. The maximum absolute atomic E-state index is 12.6. The molecule has 2 aliphatic rings. The molecule has 0 spiro atoms. The fourth-order valence-corrected chi connectivity index (χ4v) is 3.07. The van der Waals surface area contributed by atoms with Crippen molar-refractivity contribution in [3.63, 3.8) is 0 Å². The molecule has 1 aliphatic carbocycles. The third kappa shape index (κ3) is 3.69. The van der Waals surface area contributed by atoms with Crippen molar-refractivity contribution in [3.8, 4) is 0 Å². The number of likely N-dealkylation sites (tertiary alicyclic amines) is 1. The van der Waals surface area contributed by atoms with E-state index in [0.29, 0.717) is 12.5 Å². The maximum Gasteiger partial charge on any atom is 0.320 e. The highest BCUT2D eigenvalue weighted by Crippen LogP contribution is 2.35. The molecule has 0 aromatic carbocycles. The van der Waals surface area contributed by atoms with Gasteiger partial charge in [-0.3, -0.25) is 4.79 Å². The molecule has 1 atom stereocenters. The van der Waals surface area contributed by atoms with E-state index in [1.807, 2.05) is 16.7 Å². The average Bonchev–Trinajstić information content (AvgIpc) is 3.28. The number of aliphatic carboxylic acids is 1. The van der Waals surface area contributed by atoms with E-state index >= 15 is 0 Å². The first-order chi connectivity index (χ1) is 9.86. The van der Waals surface area contributed by atoms with Crippen molar-refractivity contribution < 1.29 is 14.7 Å². The molecule has 1 saturated heterocycles. The Balaban J connectivity index is 1.99. The molecule has 2 fully saturated rings. The van der Waals surface area contributed by atoms with E-state index in [1.165, 1.54) is 12.8 Å². The lowest BCUT2D eigenvalue weighted by atomic mass is 9.74. The molecule has 5 nitrogen and oxygen atoms in total. The van der Waals surface area contributed by atoms with Crippen molar-refractivity contribution in [2.45, 2.75) is 46.5 Å². The van der Waals surface area contributed by atoms with Crippen LogP contribution in [0.4, 0.5) is 4.79 Å². The van der Waals surface area contributed by atoms with Crippen LogP contribution in [0.25, 0.3) is 0 Å². The van der Waals surface area contributed by atoms with Gasteiger partial charge in [0.2, 0.25) is 0 Å². The van der Waals surface area contributed by atoms with Crippen molar-refractivity contribution in [2.24, 2.45) is 17.3 Å². The minimum atomic E-state index is -0.771. The van der Waals surface area contributed by atoms with Gasteiger partial charge in [0.05, 0.1) is 5.41 Å². The minimum Gasteiger partial charge on any atom is -0.481 e. The van der Waals surface area contributed by atoms with Gasteiger partial charge in [-0.15, -0.1) is 0 Å². The third-order valence-corrected chi connectivity index (χ3v) is 5.09. The molecule has 1 unspecified atom stereocenters. The standard InChI is InChI=1S/C16H28N2O3/c1-4-17(10-12-7-8-12)15(21)18-9-5-6-13(11-18)16(2,3)14(19)20/h12-13H,4-11H2,1-3H3,(H,19,20). The topological polar surface area (TPSA) is 60.9 Å². The van der Waals surface area contributed by atoms with Crippen LogP contribution in [0.3, 0.4) is 0 Å². The number of carboxylic acid groups (broad SMARTS) is 1. The normalized spacial score (nSPS) is 23.0. The van der Waals surface area contributed by atoms with Crippen LogP contribution in [0.5, 0.6) is 0 Å². The Morgan fingerprint density at radius 2 is 1.95 bits per heavy atom. The van der Waals surface area contributed by atoms with Gasteiger partial charge in [-0.25, -0.2) is 4.79 Å². The van der Waals surface area contributed by atoms with Gasteiger partial charge in [-0.2, -0.15) is 0 Å². The number of hydrogen-bond donors (Lipinski definition) is 1. The van der Waals surface area contributed by atoms with Crippen molar-refractivity contribution in [3.05, 3.63) is 0 Å². The largest absolute Gasteiger partial charge is 0.481 e. The molecule has 2 amide bonds. The van der Waals surface area contributed by atoms with Gasteiger partial charge in [-0.05, 0) is 58.3 Å². The van der Waals surface area contributed by atoms with Crippen molar-refractivity contribution >= 4 is 12.0 Å². The Morgan fingerprint density at radius 3 is 2.48 bits per heavy atom. The maximum atomic E-state index is 12.6. The van der Waals surface area contributed by atoms with Gasteiger partial charge in [0, 0.05) is 26.2 Å². The molecular formula is C16H28N2O3. The number of carbonyl (C=O) groups excluding carboxylic acids is 1. The van der Waals surface area contributed by atoms with Gasteiger partial charge in [0.25, 0.3) is 0 Å². The first kappa shape index (κ1) is 16.1. The lowest BCUT2D eigenvalue weighted by molar-refractivity contribution is -0.151. The number of hydrogen-bond acceptors (Lipinski definition) is 2. The Bertz CT molecular complexity index is 404. The Hall–Kier alpha value is -1.26. The molecule has 0 radical (unpaired) electrons. The molecule has 21 heavy (non-hydrogen) atoms. The Labute approximate surface area is 127 Å². The van der Waals surface area contributed by atoms with Gasteiger partial charge in [0.1, 0.15) is 0 Å². The number of urea groups is 1. The number of carboxylic acids is 1. The summed E-state index contributed by atoms with van der Waals surface area (Å²) in [6.07, 6.45) is 4.25. The molecule has 0 aromatic rings. The summed E-state index contributed by atoms with van der Waals surface area (Å²) in [5.41, 5.74) is -0.771. The third-order valence-electron chi connectivity index (χ3n) is 5.09. The predicted molar refractivity (Wildman–Crippen MR) is 81.1 cm³/mol. The second kappa shape index (κ2) is 6.24. The van der Waals surface area contributed by atoms with Crippen molar-refractivity contribution in [2.75, 3.05) is 26.2 Å². The van der Waals surface area contributed by atoms with E-state index in [4.69, 9.17) is 0 Å². The molecular weight excluding hydrogens is 268 g/mol. The summed E-state index contributed by atoms with van der Waals surface area (Å²) < 4.78 is 0. The van der Waals surface area contributed by atoms with Crippen LogP contribution in [0.2, 0.25) is 0 Å². The number of nitrogens with zero attached hydrogens (tertiary/aromatic N) is 2. The minimum absolute atomic E-state index is 0.0346. The van der Waals surface area contributed by atoms with E-state index in [2.05, 4.69) is 0 Å². The van der Waals surface area contributed by atoms with Crippen LogP contribution in [-0.4, -0.2) is 53.1 Å². The van der Waals surface area contributed by atoms with Crippen LogP contribution in [0, 0.1) is 17.3 Å². The monoisotopic (exact) mass is 296 g/mol. The molecule has 120 valence electrons. The van der Waals surface area contributed by atoms with E-state index in [9.17, 15) is 14.7 Å². The highest BCUT2D eigenvalue weighted by Gasteiger charge is 2.40. The van der Waals surface area contributed by atoms with Crippen LogP contribution in [0.1, 0.15) is 46.5 Å². The summed E-state index contributed by atoms with van der Waals surface area (Å²) in [5.74, 6) is -0.0515. The summed E-state index contributed by atoms with van der Waals surface area (Å²) in [7, 11) is 0. The van der Waals surface area contributed by atoms with E-state index in [-0.39, 0.29) is 11.9 Å². The van der Waals surface area contributed by atoms with Gasteiger partial charge in [-0.1, -0.05) is 0 Å². The summed E-state index contributed by atoms with van der Waals surface area (Å²) >= 11 is 0. The van der Waals surface area contributed by atoms with Gasteiger partial charge >= 0.3 is 12.0 Å². The molecule has 2 rings (SSSR count). The quantitative estimate of drug-likeness (QED) is 0.848. The van der Waals surface area contributed by atoms with E-state index < -0.39 is 11.4 Å². The lowest BCUT2D eigenvalue weighted by Gasteiger charge is -2.41. The number of carbonyl (C=O) groups is 2. The molecule has 1 aliphatic heterocycles. The summed E-state index contributed by atoms with van der Waals surface area (Å²) in [6.45, 7) is 8.48.